The van der Waals surface area contributed by atoms with E-state index in [1.54, 1.807) is 0 Å². The molecular formula is C28H29N5O2. The van der Waals surface area contributed by atoms with Crippen LogP contribution in [0.5, 0.6) is 0 Å². The van der Waals surface area contributed by atoms with Crippen LogP contribution in [0.15, 0.2) is 78.9 Å². The highest BCUT2D eigenvalue weighted by molar-refractivity contribution is 5.91. The maximum atomic E-state index is 13.0. The second kappa shape index (κ2) is 10.1. The first-order chi connectivity index (χ1) is 17.1. The quantitative estimate of drug-likeness (QED) is 0.409. The second-order valence-electron chi connectivity index (χ2n) is 8.92. The highest BCUT2D eigenvalue weighted by Gasteiger charge is 2.29. The zero-order chi connectivity index (χ0) is 24.2. The van der Waals surface area contributed by atoms with E-state index in [-0.39, 0.29) is 17.9 Å². The lowest BCUT2D eigenvalue weighted by Gasteiger charge is -2.23. The molecule has 178 valence electrons. The maximum absolute atomic E-state index is 13.0. The van der Waals surface area contributed by atoms with Crippen LogP contribution in [-0.4, -0.2) is 38.9 Å². The van der Waals surface area contributed by atoms with Crippen molar-refractivity contribution >= 4 is 28.5 Å². The molecule has 0 aliphatic carbocycles. The van der Waals surface area contributed by atoms with Crippen LogP contribution in [-0.2, 0) is 22.6 Å². The number of imidazole rings is 1. The van der Waals surface area contributed by atoms with E-state index in [0.717, 1.165) is 53.2 Å². The van der Waals surface area contributed by atoms with Crippen molar-refractivity contribution in [3.05, 3.63) is 90.3 Å². The first kappa shape index (κ1) is 22.8. The Bertz CT molecular complexity index is 1350. The number of carbonyl (C=O) groups excluding carboxylic acids is 2. The number of benzene rings is 3. The standard InChI is InChI=1S/C28H29N5O2/c29-28(35)25-15-8-18-32(25)19-20-9-4-5-12-22(20)31-27(34)17-16-26-30-23-13-6-7-14-24(23)33(26)21-10-2-1-3-11-21/h1-7,9-14,25H,8,15-19H2,(H2,29,35)(H,31,34). The monoisotopic (exact) mass is 467 g/mol. The Kier molecular flexibility index (Phi) is 6.59. The molecule has 1 aliphatic rings. The number of primary amides is 1. The van der Waals surface area contributed by atoms with Crippen molar-refractivity contribution in [2.45, 2.75) is 38.3 Å². The molecule has 3 N–H and O–H groups in total. The van der Waals surface area contributed by atoms with Gasteiger partial charge in [0.2, 0.25) is 11.8 Å². The van der Waals surface area contributed by atoms with E-state index in [0.29, 0.717) is 19.4 Å². The summed E-state index contributed by atoms with van der Waals surface area (Å²) in [6, 6.07) is 25.6. The van der Waals surface area contributed by atoms with Gasteiger partial charge in [-0.3, -0.25) is 19.1 Å². The molecule has 2 amide bonds. The number of fused-ring (bicyclic) bond motifs is 1. The average Bonchev–Trinajstić information content (AvgIpc) is 3.49. The number of anilines is 1. The summed E-state index contributed by atoms with van der Waals surface area (Å²) in [6.07, 6.45) is 2.54. The molecule has 1 atom stereocenters. The molecule has 7 heteroatoms. The molecule has 0 saturated carbocycles. The van der Waals surface area contributed by atoms with Gasteiger partial charge in [0, 0.05) is 30.8 Å². The summed E-state index contributed by atoms with van der Waals surface area (Å²) < 4.78 is 2.12. The molecule has 2 heterocycles. The molecular weight excluding hydrogens is 438 g/mol. The van der Waals surface area contributed by atoms with Gasteiger partial charge in [-0.05, 0) is 55.3 Å². The number of aryl methyl sites for hydroxylation is 1. The SMILES string of the molecule is NC(=O)C1CCCN1Cc1ccccc1NC(=O)CCc1nc2ccccc2n1-c1ccccc1. The Morgan fingerprint density at radius 2 is 1.71 bits per heavy atom. The number of likely N-dealkylation sites (tertiary alicyclic amines) is 1. The topological polar surface area (TPSA) is 93.2 Å². The summed E-state index contributed by atoms with van der Waals surface area (Å²) >= 11 is 0. The minimum atomic E-state index is -0.287. The number of hydrogen-bond acceptors (Lipinski definition) is 4. The van der Waals surface area contributed by atoms with Crippen molar-refractivity contribution in [2.75, 3.05) is 11.9 Å². The lowest BCUT2D eigenvalue weighted by Crippen LogP contribution is -2.39. The number of hydrogen-bond donors (Lipinski definition) is 2. The number of para-hydroxylation sites is 4. The Morgan fingerprint density at radius 3 is 2.54 bits per heavy atom. The number of aromatic nitrogens is 2. The predicted octanol–water partition coefficient (Wildman–Crippen LogP) is 4.05. The molecule has 1 unspecified atom stereocenters. The van der Waals surface area contributed by atoms with E-state index < -0.39 is 0 Å². The molecule has 0 bridgehead atoms. The van der Waals surface area contributed by atoms with Crippen molar-refractivity contribution in [2.24, 2.45) is 5.73 Å². The van der Waals surface area contributed by atoms with Crippen molar-refractivity contribution in [3.8, 4) is 5.69 Å². The predicted molar refractivity (Wildman–Crippen MR) is 137 cm³/mol. The minimum Gasteiger partial charge on any atom is -0.368 e. The normalized spacial score (nSPS) is 15.9. The summed E-state index contributed by atoms with van der Waals surface area (Å²) in [5.41, 5.74) is 10.3. The fourth-order valence-corrected chi connectivity index (χ4v) is 4.88. The van der Waals surface area contributed by atoms with E-state index in [2.05, 4.69) is 14.8 Å². The van der Waals surface area contributed by atoms with Gasteiger partial charge in [-0.1, -0.05) is 48.5 Å². The number of nitrogens with two attached hydrogens (primary N) is 1. The molecule has 7 nitrogen and oxygen atoms in total. The first-order valence-corrected chi connectivity index (χ1v) is 12.0. The van der Waals surface area contributed by atoms with Crippen molar-refractivity contribution in [3.63, 3.8) is 0 Å². The zero-order valence-electron chi connectivity index (χ0n) is 19.6. The molecule has 3 aromatic carbocycles. The Morgan fingerprint density at radius 1 is 0.971 bits per heavy atom. The highest BCUT2D eigenvalue weighted by Crippen LogP contribution is 2.25. The van der Waals surface area contributed by atoms with Gasteiger partial charge in [-0.25, -0.2) is 4.98 Å². The van der Waals surface area contributed by atoms with Crippen molar-refractivity contribution in [1.82, 2.24) is 14.5 Å². The van der Waals surface area contributed by atoms with Crippen LogP contribution in [0.2, 0.25) is 0 Å². The largest absolute Gasteiger partial charge is 0.368 e. The van der Waals surface area contributed by atoms with Crippen LogP contribution in [0.1, 0.15) is 30.7 Å². The third-order valence-corrected chi connectivity index (χ3v) is 6.58. The van der Waals surface area contributed by atoms with Crippen LogP contribution in [0.4, 0.5) is 5.69 Å². The van der Waals surface area contributed by atoms with Crippen LogP contribution in [0.3, 0.4) is 0 Å². The Hall–Kier alpha value is -3.97. The lowest BCUT2D eigenvalue weighted by atomic mass is 10.1. The van der Waals surface area contributed by atoms with E-state index in [9.17, 15) is 9.59 Å². The molecule has 5 rings (SSSR count). The van der Waals surface area contributed by atoms with Crippen LogP contribution < -0.4 is 11.1 Å². The van der Waals surface area contributed by atoms with Gasteiger partial charge >= 0.3 is 0 Å². The summed E-state index contributed by atoms with van der Waals surface area (Å²) in [6.45, 7) is 1.40. The number of rotatable bonds is 8. The van der Waals surface area contributed by atoms with Gasteiger partial charge in [0.15, 0.2) is 0 Å². The van der Waals surface area contributed by atoms with Gasteiger partial charge in [-0.2, -0.15) is 0 Å². The van der Waals surface area contributed by atoms with Crippen LogP contribution >= 0.6 is 0 Å². The van der Waals surface area contributed by atoms with E-state index >= 15 is 0 Å². The van der Waals surface area contributed by atoms with Crippen molar-refractivity contribution in [1.29, 1.82) is 0 Å². The second-order valence-corrected chi connectivity index (χ2v) is 8.92. The van der Waals surface area contributed by atoms with Crippen LogP contribution in [0.25, 0.3) is 16.7 Å². The number of nitrogens with one attached hydrogen (secondary N) is 1. The fraction of sp³-hybridized carbons (Fsp3) is 0.250. The van der Waals surface area contributed by atoms with Gasteiger partial charge in [0.1, 0.15) is 5.82 Å². The summed E-state index contributed by atoms with van der Waals surface area (Å²) in [4.78, 5) is 31.7. The molecule has 4 aromatic rings. The molecule has 1 fully saturated rings. The molecule has 0 spiro atoms. The Labute approximate surface area is 204 Å². The molecule has 35 heavy (non-hydrogen) atoms. The first-order valence-electron chi connectivity index (χ1n) is 12.0. The number of amides is 2. The molecule has 1 aromatic heterocycles. The maximum Gasteiger partial charge on any atom is 0.234 e. The highest BCUT2D eigenvalue weighted by atomic mass is 16.2. The average molecular weight is 468 g/mol. The molecule has 0 radical (unpaired) electrons. The lowest BCUT2D eigenvalue weighted by molar-refractivity contribution is -0.122. The van der Waals surface area contributed by atoms with E-state index in [1.807, 2.05) is 78.9 Å². The van der Waals surface area contributed by atoms with Crippen molar-refractivity contribution < 1.29 is 9.59 Å². The van der Waals surface area contributed by atoms with Crippen LogP contribution in [0, 0.1) is 0 Å². The van der Waals surface area contributed by atoms with E-state index in [4.69, 9.17) is 10.7 Å². The molecule has 1 saturated heterocycles. The smallest absolute Gasteiger partial charge is 0.234 e. The third-order valence-electron chi connectivity index (χ3n) is 6.58. The summed E-state index contributed by atoms with van der Waals surface area (Å²) in [7, 11) is 0. The number of carbonyl (C=O) groups is 2. The van der Waals surface area contributed by atoms with Gasteiger partial charge < -0.3 is 11.1 Å². The summed E-state index contributed by atoms with van der Waals surface area (Å²) in [5.74, 6) is 0.490. The summed E-state index contributed by atoms with van der Waals surface area (Å²) in [5, 5.41) is 3.07. The molecule has 1 aliphatic heterocycles. The third kappa shape index (κ3) is 4.95. The zero-order valence-corrected chi connectivity index (χ0v) is 19.6. The fourth-order valence-electron chi connectivity index (χ4n) is 4.88. The Balaban J connectivity index is 1.31. The van der Waals surface area contributed by atoms with E-state index in [1.165, 1.54) is 0 Å². The van der Waals surface area contributed by atoms with Gasteiger partial charge in [0.25, 0.3) is 0 Å². The minimum absolute atomic E-state index is 0.0722. The van der Waals surface area contributed by atoms with Gasteiger partial charge in [-0.15, -0.1) is 0 Å². The number of nitrogens with zero attached hydrogens (tertiary/aromatic N) is 3. The van der Waals surface area contributed by atoms with Gasteiger partial charge in [0.05, 0.1) is 17.1 Å².